The number of guanidine groups is 1. The second kappa shape index (κ2) is 3.60. The lowest BCUT2D eigenvalue weighted by molar-refractivity contribution is -0.119. The van der Waals surface area contributed by atoms with Crippen LogP contribution in [-0.4, -0.2) is 32.6 Å². The van der Waals surface area contributed by atoms with Gasteiger partial charge in [-0.05, 0) is 0 Å². The first-order chi connectivity index (χ1) is 5.99. The van der Waals surface area contributed by atoms with Gasteiger partial charge in [0, 0.05) is 6.92 Å². The van der Waals surface area contributed by atoms with E-state index in [-0.39, 0.29) is 24.2 Å². The van der Waals surface area contributed by atoms with Crippen molar-refractivity contribution >= 4 is 21.9 Å². The Labute approximate surface area is 75.6 Å². The fraction of sp³-hybridized carbons (Fsp3) is 0.600. The van der Waals surface area contributed by atoms with Crippen LogP contribution in [-0.2, 0) is 14.8 Å². The predicted octanol–water partition coefficient (Wildman–Crippen LogP) is -2.08. The van der Waals surface area contributed by atoms with E-state index in [0.29, 0.717) is 0 Å². The van der Waals surface area contributed by atoms with E-state index in [1.807, 2.05) is 0 Å². The highest BCUT2D eigenvalue weighted by Crippen LogP contribution is 1.91. The molecule has 1 amide bonds. The molecule has 8 heteroatoms. The third kappa shape index (κ3) is 3.28. The first-order valence-corrected chi connectivity index (χ1v) is 5.22. The molecule has 1 aliphatic heterocycles. The van der Waals surface area contributed by atoms with Gasteiger partial charge in [0.25, 0.3) is 0 Å². The molecule has 0 aromatic heterocycles. The Hall–Kier alpha value is -1.31. The summed E-state index contributed by atoms with van der Waals surface area (Å²) in [4.78, 5) is 14.2. The zero-order chi connectivity index (χ0) is 9.90. The lowest BCUT2D eigenvalue weighted by atomic mass is 10.7. The highest BCUT2D eigenvalue weighted by atomic mass is 32.2. The fourth-order valence-corrected chi connectivity index (χ4v) is 1.56. The molecular formula is C5H10N4O3S. The van der Waals surface area contributed by atoms with Crippen molar-refractivity contribution in [1.82, 2.24) is 15.6 Å². The zero-order valence-electron chi connectivity index (χ0n) is 6.99. The summed E-state index contributed by atoms with van der Waals surface area (Å²) in [6.45, 7) is 1.49. The molecule has 0 saturated heterocycles. The van der Waals surface area contributed by atoms with Gasteiger partial charge in [0.05, 0.1) is 12.3 Å². The van der Waals surface area contributed by atoms with Crippen LogP contribution >= 0.6 is 0 Å². The Balaban J connectivity index is 2.52. The number of aliphatic imine (C=N–C) groups is 1. The van der Waals surface area contributed by atoms with Gasteiger partial charge in [0.1, 0.15) is 0 Å². The van der Waals surface area contributed by atoms with E-state index < -0.39 is 10.0 Å². The largest absolute Gasteiger partial charge is 0.274 e. The summed E-state index contributed by atoms with van der Waals surface area (Å²) in [6.07, 6.45) is 0. The van der Waals surface area contributed by atoms with E-state index in [1.165, 1.54) is 6.92 Å². The summed E-state index contributed by atoms with van der Waals surface area (Å²) in [6, 6.07) is 0. The molecule has 0 bridgehead atoms. The van der Waals surface area contributed by atoms with Gasteiger partial charge in [0.15, 0.2) is 0 Å². The van der Waals surface area contributed by atoms with Crippen molar-refractivity contribution in [3.63, 3.8) is 0 Å². The Morgan fingerprint density at radius 3 is 2.85 bits per heavy atom. The Bertz CT molecular complexity index is 334. The molecule has 0 unspecified atom stereocenters. The topological polar surface area (TPSA) is 99.7 Å². The third-order valence-corrected chi connectivity index (χ3v) is 2.46. The SMILES string of the molecule is CC(=O)NNC1=NCCS(=O)(=O)N1. The predicted molar refractivity (Wildman–Crippen MR) is 46.2 cm³/mol. The van der Waals surface area contributed by atoms with Crippen LogP contribution in [0.2, 0.25) is 0 Å². The average Bonchev–Trinajstić information content (AvgIpc) is 1.99. The van der Waals surface area contributed by atoms with Crippen LogP contribution < -0.4 is 15.6 Å². The lowest BCUT2D eigenvalue weighted by Crippen LogP contribution is -2.51. The van der Waals surface area contributed by atoms with E-state index in [9.17, 15) is 13.2 Å². The number of amides is 1. The number of sulfonamides is 1. The molecule has 0 fully saturated rings. The van der Waals surface area contributed by atoms with Crippen molar-refractivity contribution in [2.75, 3.05) is 12.3 Å². The molecule has 74 valence electrons. The fourth-order valence-electron chi connectivity index (χ4n) is 0.720. The molecule has 0 radical (unpaired) electrons. The van der Waals surface area contributed by atoms with E-state index in [4.69, 9.17) is 0 Å². The summed E-state index contributed by atoms with van der Waals surface area (Å²) in [5.74, 6) is -0.313. The number of rotatable bonds is 0. The molecule has 0 aromatic carbocycles. The van der Waals surface area contributed by atoms with Gasteiger partial charge >= 0.3 is 0 Å². The second-order valence-electron chi connectivity index (χ2n) is 2.46. The number of carbonyl (C=O) groups is 1. The number of hydrogen-bond acceptors (Lipinski definition) is 5. The Morgan fingerprint density at radius 1 is 1.62 bits per heavy atom. The number of hydrogen-bond donors (Lipinski definition) is 3. The lowest BCUT2D eigenvalue weighted by Gasteiger charge is -2.15. The van der Waals surface area contributed by atoms with Crippen molar-refractivity contribution in [2.45, 2.75) is 6.92 Å². The van der Waals surface area contributed by atoms with Crippen molar-refractivity contribution in [3.05, 3.63) is 0 Å². The maximum absolute atomic E-state index is 11.0. The molecule has 0 spiro atoms. The smallest absolute Gasteiger partial charge is 0.236 e. The van der Waals surface area contributed by atoms with E-state index in [2.05, 4.69) is 20.6 Å². The first-order valence-electron chi connectivity index (χ1n) is 3.57. The van der Waals surface area contributed by atoms with Crippen molar-refractivity contribution in [1.29, 1.82) is 0 Å². The average molecular weight is 206 g/mol. The number of nitrogens with zero attached hydrogens (tertiary/aromatic N) is 1. The summed E-state index contributed by atoms with van der Waals surface area (Å²) in [5, 5.41) is 0. The summed E-state index contributed by atoms with van der Waals surface area (Å²) in [5.41, 5.74) is 4.54. The molecule has 7 nitrogen and oxygen atoms in total. The van der Waals surface area contributed by atoms with E-state index in [0.717, 1.165) is 0 Å². The number of hydrazine groups is 1. The maximum atomic E-state index is 11.0. The molecule has 1 aliphatic rings. The first kappa shape index (κ1) is 9.78. The molecule has 3 N–H and O–H groups in total. The summed E-state index contributed by atoms with van der Waals surface area (Å²) < 4.78 is 24.1. The zero-order valence-corrected chi connectivity index (χ0v) is 7.81. The van der Waals surface area contributed by atoms with Gasteiger partial charge in [0.2, 0.25) is 21.9 Å². The highest BCUT2D eigenvalue weighted by molar-refractivity contribution is 7.90. The van der Waals surface area contributed by atoms with Gasteiger partial charge in [-0.3, -0.25) is 20.4 Å². The highest BCUT2D eigenvalue weighted by Gasteiger charge is 2.17. The van der Waals surface area contributed by atoms with Gasteiger partial charge in [-0.2, -0.15) is 0 Å². The molecule has 1 heterocycles. The standard InChI is InChI=1S/C5H10N4O3S/c1-4(10)7-8-5-6-2-3-13(11,12)9-5/h2-3H2,1H3,(H,7,10)(H2,6,8,9). The molecule has 0 aliphatic carbocycles. The third-order valence-electron chi connectivity index (χ3n) is 1.24. The van der Waals surface area contributed by atoms with Crippen LogP contribution in [0.25, 0.3) is 0 Å². The van der Waals surface area contributed by atoms with Gasteiger partial charge < -0.3 is 0 Å². The van der Waals surface area contributed by atoms with Crippen LogP contribution in [0.1, 0.15) is 6.92 Å². The van der Waals surface area contributed by atoms with Crippen LogP contribution in [0.15, 0.2) is 4.99 Å². The van der Waals surface area contributed by atoms with Crippen molar-refractivity contribution in [2.24, 2.45) is 4.99 Å². The quantitative estimate of drug-likeness (QED) is 0.396. The van der Waals surface area contributed by atoms with E-state index >= 15 is 0 Å². The van der Waals surface area contributed by atoms with E-state index in [1.54, 1.807) is 0 Å². The Morgan fingerprint density at radius 2 is 2.31 bits per heavy atom. The molecule has 0 atom stereocenters. The Kier molecular flexibility index (Phi) is 2.71. The minimum absolute atomic E-state index is 0.0295. The maximum Gasteiger partial charge on any atom is 0.236 e. The van der Waals surface area contributed by atoms with Crippen molar-refractivity contribution < 1.29 is 13.2 Å². The minimum Gasteiger partial charge on any atom is -0.274 e. The molecule has 0 saturated carbocycles. The van der Waals surface area contributed by atoms with Crippen molar-refractivity contribution in [3.8, 4) is 0 Å². The molecular weight excluding hydrogens is 196 g/mol. The normalized spacial score (nSPS) is 19.6. The second-order valence-corrected chi connectivity index (χ2v) is 4.30. The monoisotopic (exact) mass is 206 g/mol. The summed E-state index contributed by atoms with van der Waals surface area (Å²) >= 11 is 0. The van der Waals surface area contributed by atoms with Gasteiger partial charge in [-0.1, -0.05) is 0 Å². The van der Waals surface area contributed by atoms with Crippen LogP contribution in [0.4, 0.5) is 0 Å². The van der Waals surface area contributed by atoms with Crippen LogP contribution in [0.3, 0.4) is 0 Å². The van der Waals surface area contributed by atoms with Gasteiger partial charge in [-0.25, -0.2) is 13.4 Å². The molecule has 13 heavy (non-hydrogen) atoms. The number of carbonyl (C=O) groups excluding carboxylic acids is 1. The van der Waals surface area contributed by atoms with Crippen LogP contribution in [0, 0.1) is 0 Å². The molecule has 0 aromatic rings. The molecule has 1 rings (SSSR count). The summed E-state index contributed by atoms with van der Waals surface area (Å²) in [7, 11) is -3.27. The minimum atomic E-state index is -3.27. The van der Waals surface area contributed by atoms with Crippen LogP contribution in [0.5, 0.6) is 0 Å². The number of nitrogens with one attached hydrogen (secondary N) is 3. The van der Waals surface area contributed by atoms with Gasteiger partial charge in [-0.15, -0.1) is 0 Å².